The molecule has 2 unspecified atom stereocenters. The molecule has 0 aromatic carbocycles. The van der Waals surface area contributed by atoms with E-state index in [1.54, 1.807) is 0 Å². The first-order chi connectivity index (χ1) is 7.51. The molecule has 0 bridgehead atoms. The van der Waals surface area contributed by atoms with E-state index < -0.39 is 11.7 Å². The summed E-state index contributed by atoms with van der Waals surface area (Å²) >= 11 is 0. The summed E-state index contributed by atoms with van der Waals surface area (Å²) in [5.74, 6) is -0.757. The first-order valence-corrected chi connectivity index (χ1v) is 6.00. The van der Waals surface area contributed by atoms with E-state index in [0.29, 0.717) is 5.57 Å². The van der Waals surface area contributed by atoms with Gasteiger partial charge < -0.3 is 4.74 Å². The maximum Gasteiger partial charge on any atom is 0.235 e. The largest absolute Gasteiger partial charge is 0.352 e. The van der Waals surface area contributed by atoms with Crippen molar-refractivity contribution in [2.45, 2.75) is 53.2 Å². The van der Waals surface area contributed by atoms with E-state index in [-0.39, 0.29) is 22.4 Å². The van der Waals surface area contributed by atoms with Crippen molar-refractivity contribution in [3.8, 4) is 0 Å². The minimum absolute atomic E-state index is 0.176. The number of rotatable bonds is 0. The van der Waals surface area contributed by atoms with Crippen LogP contribution in [0.25, 0.3) is 0 Å². The Balaban J connectivity index is 2.54. The number of epoxide rings is 1. The Labute approximate surface area is 102 Å². The number of hydrogen-bond acceptors (Lipinski definition) is 3. The summed E-state index contributed by atoms with van der Waals surface area (Å²) in [5, 5.41) is 0. The van der Waals surface area contributed by atoms with Gasteiger partial charge in [0.15, 0.2) is 6.10 Å². The molecule has 1 fully saturated rings. The Morgan fingerprint density at radius 3 is 2.06 bits per heavy atom. The third-order valence-electron chi connectivity index (χ3n) is 3.69. The lowest BCUT2D eigenvalue weighted by atomic mass is 9.69. The van der Waals surface area contributed by atoms with Gasteiger partial charge in [-0.15, -0.1) is 0 Å². The Bertz CT molecular complexity index is 431. The van der Waals surface area contributed by atoms with Crippen molar-refractivity contribution in [1.82, 2.24) is 0 Å². The SMILES string of the molecule is CC(C)(C)C1=CC2(C(C)(C)C)OC2C(=O)C1=O. The minimum atomic E-state index is -0.569. The van der Waals surface area contributed by atoms with E-state index in [2.05, 4.69) is 0 Å². The van der Waals surface area contributed by atoms with Gasteiger partial charge in [0, 0.05) is 5.57 Å². The summed E-state index contributed by atoms with van der Waals surface area (Å²) < 4.78 is 5.59. The predicted molar refractivity (Wildman–Crippen MR) is 64.6 cm³/mol. The van der Waals surface area contributed by atoms with Crippen LogP contribution in [-0.4, -0.2) is 23.3 Å². The van der Waals surface area contributed by atoms with Crippen LogP contribution >= 0.6 is 0 Å². The summed E-state index contributed by atoms with van der Waals surface area (Å²) in [7, 11) is 0. The molecule has 0 radical (unpaired) electrons. The monoisotopic (exact) mass is 236 g/mol. The highest BCUT2D eigenvalue weighted by Gasteiger charge is 2.69. The van der Waals surface area contributed by atoms with Crippen molar-refractivity contribution < 1.29 is 14.3 Å². The number of carbonyl (C=O) groups excluding carboxylic acids is 2. The highest BCUT2D eigenvalue weighted by Crippen LogP contribution is 2.55. The molecule has 0 N–H and O–H groups in total. The topological polar surface area (TPSA) is 46.7 Å². The lowest BCUT2D eigenvalue weighted by Gasteiger charge is -2.31. The van der Waals surface area contributed by atoms with E-state index in [1.165, 1.54) is 0 Å². The minimum Gasteiger partial charge on any atom is -0.352 e. The van der Waals surface area contributed by atoms with Gasteiger partial charge in [0.05, 0.1) is 0 Å². The van der Waals surface area contributed by atoms with Gasteiger partial charge in [0.2, 0.25) is 11.6 Å². The van der Waals surface area contributed by atoms with Gasteiger partial charge in [-0.1, -0.05) is 41.5 Å². The molecular formula is C14H20O3. The molecule has 3 nitrogen and oxygen atoms in total. The van der Waals surface area contributed by atoms with Crippen molar-refractivity contribution in [1.29, 1.82) is 0 Å². The molecule has 3 heteroatoms. The van der Waals surface area contributed by atoms with Gasteiger partial charge in [0.25, 0.3) is 0 Å². The fourth-order valence-electron chi connectivity index (χ4n) is 2.39. The number of ketones is 2. The molecule has 0 spiro atoms. The van der Waals surface area contributed by atoms with Crippen LogP contribution < -0.4 is 0 Å². The number of carbonyl (C=O) groups is 2. The molecule has 2 aliphatic rings. The van der Waals surface area contributed by atoms with Crippen molar-refractivity contribution in [3.05, 3.63) is 11.6 Å². The maximum atomic E-state index is 12.0. The van der Waals surface area contributed by atoms with Crippen LogP contribution in [0.2, 0.25) is 0 Å². The first-order valence-electron chi connectivity index (χ1n) is 6.00. The molecule has 1 aliphatic heterocycles. The average molecular weight is 236 g/mol. The van der Waals surface area contributed by atoms with Crippen molar-refractivity contribution in [2.24, 2.45) is 10.8 Å². The molecule has 2 atom stereocenters. The summed E-state index contributed by atoms with van der Waals surface area (Å²) in [6, 6.07) is 0. The molecule has 0 aromatic heterocycles. The highest BCUT2D eigenvalue weighted by atomic mass is 16.6. The second-order valence-electron chi connectivity index (χ2n) is 7.04. The van der Waals surface area contributed by atoms with Gasteiger partial charge >= 0.3 is 0 Å². The van der Waals surface area contributed by atoms with Crippen LogP contribution in [0.4, 0.5) is 0 Å². The fraction of sp³-hybridized carbons (Fsp3) is 0.714. The van der Waals surface area contributed by atoms with Gasteiger partial charge in [-0.25, -0.2) is 0 Å². The van der Waals surface area contributed by atoms with E-state index in [4.69, 9.17) is 4.74 Å². The molecule has 0 saturated carbocycles. The second-order valence-corrected chi connectivity index (χ2v) is 7.04. The highest BCUT2D eigenvalue weighted by molar-refractivity contribution is 6.47. The number of fused-ring (bicyclic) bond motifs is 1. The molecular weight excluding hydrogens is 216 g/mol. The molecule has 1 heterocycles. The van der Waals surface area contributed by atoms with Crippen LogP contribution in [0.3, 0.4) is 0 Å². The maximum absolute atomic E-state index is 12.0. The molecule has 0 aromatic rings. The summed E-state index contributed by atoms with van der Waals surface area (Å²) in [4.78, 5) is 23.9. The molecule has 2 rings (SSSR count). The zero-order valence-corrected chi connectivity index (χ0v) is 11.4. The van der Waals surface area contributed by atoms with Gasteiger partial charge in [-0.05, 0) is 16.9 Å². The zero-order valence-electron chi connectivity index (χ0n) is 11.4. The Hall–Kier alpha value is -0.960. The van der Waals surface area contributed by atoms with Crippen molar-refractivity contribution in [3.63, 3.8) is 0 Å². The number of hydrogen-bond donors (Lipinski definition) is 0. The summed E-state index contributed by atoms with van der Waals surface area (Å²) in [5.41, 5.74) is -0.473. The Kier molecular flexibility index (Phi) is 2.26. The quantitative estimate of drug-likeness (QED) is 0.479. The van der Waals surface area contributed by atoms with Crippen molar-refractivity contribution in [2.75, 3.05) is 0 Å². The second kappa shape index (κ2) is 3.08. The number of ether oxygens (including phenoxy) is 1. The van der Waals surface area contributed by atoms with Crippen molar-refractivity contribution >= 4 is 11.6 Å². The lowest BCUT2D eigenvalue weighted by molar-refractivity contribution is -0.135. The average Bonchev–Trinajstić information content (AvgIpc) is 2.84. The Morgan fingerprint density at radius 1 is 1.12 bits per heavy atom. The lowest BCUT2D eigenvalue weighted by Crippen LogP contribution is -2.42. The molecule has 1 aliphatic carbocycles. The van der Waals surface area contributed by atoms with E-state index in [1.807, 2.05) is 47.6 Å². The number of Topliss-reactive ketones (excluding diaryl/α,β-unsaturated/α-hetero) is 2. The van der Waals surface area contributed by atoms with Gasteiger partial charge in [-0.3, -0.25) is 9.59 Å². The first kappa shape index (κ1) is 12.5. The normalized spacial score (nSPS) is 33.3. The van der Waals surface area contributed by atoms with E-state index in [9.17, 15) is 9.59 Å². The molecule has 0 amide bonds. The molecule has 94 valence electrons. The standard InChI is InChI=1S/C14H20O3/c1-12(2,3)8-7-14(13(4,5)6)11(17-14)10(16)9(8)15/h7,11H,1-6H3. The van der Waals surface area contributed by atoms with Crippen LogP contribution in [0, 0.1) is 10.8 Å². The van der Waals surface area contributed by atoms with Gasteiger partial charge in [-0.2, -0.15) is 0 Å². The smallest absolute Gasteiger partial charge is 0.235 e. The summed E-state index contributed by atoms with van der Waals surface area (Å²) in [6.45, 7) is 11.9. The van der Waals surface area contributed by atoms with E-state index >= 15 is 0 Å². The fourth-order valence-corrected chi connectivity index (χ4v) is 2.39. The zero-order chi connectivity index (χ0) is 13.2. The summed E-state index contributed by atoms with van der Waals surface area (Å²) in [6.07, 6.45) is 1.34. The van der Waals surface area contributed by atoms with Gasteiger partial charge in [0.1, 0.15) is 5.60 Å². The van der Waals surface area contributed by atoms with Crippen LogP contribution in [0.5, 0.6) is 0 Å². The molecule has 1 saturated heterocycles. The van der Waals surface area contributed by atoms with Crippen LogP contribution in [0.1, 0.15) is 41.5 Å². The predicted octanol–water partition coefficient (Wildman–Crippen LogP) is 2.29. The molecule has 17 heavy (non-hydrogen) atoms. The third-order valence-corrected chi connectivity index (χ3v) is 3.69. The third kappa shape index (κ3) is 1.60. The number of allylic oxidation sites excluding steroid dienone is 1. The van der Waals surface area contributed by atoms with E-state index in [0.717, 1.165) is 0 Å². The van der Waals surface area contributed by atoms with Crippen LogP contribution in [0.15, 0.2) is 11.6 Å². The van der Waals surface area contributed by atoms with Crippen LogP contribution in [-0.2, 0) is 14.3 Å². The Morgan fingerprint density at radius 2 is 1.65 bits per heavy atom.